The molecule has 0 spiro atoms. The number of benzene rings is 2. The molecule has 0 saturated heterocycles. The Kier molecular flexibility index (Phi) is 5.84. The highest BCUT2D eigenvalue weighted by Gasteiger charge is 2.24. The van der Waals surface area contributed by atoms with Crippen LogP contribution < -0.4 is 10.2 Å². The van der Waals surface area contributed by atoms with E-state index in [0.717, 1.165) is 30.6 Å². The van der Waals surface area contributed by atoms with Crippen molar-refractivity contribution in [3.8, 4) is 0 Å². The van der Waals surface area contributed by atoms with Crippen LogP contribution in [-0.2, 0) is 11.2 Å². The molecule has 0 bridgehead atoms. The SMILES string of the molecule is CCCCN1C(=O)CCc2cc(NC(=O)c3ccc(Cl)cc3Cl)ccc21. The van der Waals surface area contributed by atoms with Crippen molar-refractivity contribution in [3.63, 3.8) is 0 Å². The fourth-order valence-corrected chi connectivity index (χ4v) is 3.57. The minimum Gasteiger partial charge on any atom is -0.322 e. The number of amides is 2. The van der Waals surface area contributed by atoms with Crippen molar-refractivity contribution in [2.45, 2.75) is 32.6 Å². The molecule has 0 aromatic heterocycles. The second-order valence-electron chi connectivity index (χ2n) is 6.32. The highest BCUT2D eigenvalue weighted by Crippen LogP contribution is 2.31. The summed E-state index contributed by atoms with van der Waals surface area (Å²) >= 11 is 12.0. The number of fused-ring (bicyclic) bond motifs is 1. The number of nitrogens with zero attached hydrogens (tertiary/aromatic N) is 1. The summed E-state index contributed by atoms with van der Waals surface area (Å²) in [7, 11) is 0. The van der Waals surface area contributed by atoms with Gasteiger partial charge in [-0.15, -0.1) is 0 Å². The lowest BCUT2D eigenvalue weighted by Crippen LogP contribution is -2.35. The molecule has 0 fully saturated rings. The Morgan fingerprint density at radius 2 is 1.96 bits per heavy atom. The molecule has 2 amide bonds. The Hall–Kier alpha value is -2.04. The van der Waals surface area contributed by atoms with E-state index in [1.54, 1.807) is 18.2 Å². The first kappa shape index (κ1) is 18.7. The molecule has 26 heavy (non-hydrogen) atoms. The van der Waals surface area contributed by atoms with E-state index in [4.69, 9.17) is 23.2 Å². The number of hydrogen-bond donors (Lipinski definition) is 1. The van der Waals surface area contributed by atoms with E-state index in [0.29, 0.717) is 34.1 Å². The van der Waals surface area contributed by atoms with E-state index in [1.165, 1.54) is 0 Å². The van der Waals surface area contributed by atoms with Crippen LogP contribution in [0.25, 0.3) is 0 Å². The number of unbranched alkanes of at least 4 members (excludes halogenated alkanes) is 1. The van der Waals surface area contributed by atoms with Crippen molar-refractivity contribution < 1.29 is 9.59 Å². The molecule has 2 aromatic rings. The Bertz CT molecular complexity index is 852. The number of halogens is 2. The third-order valence-corrected chi connectivity index (χ3v) is 5.00. The summed E-state index contributed by atoms with van der Waals surface area (Å²) in [6.07, 6.45) is 3.19. The molecule has 2 aromatic carbocycles. The summed E-state index contributed by atoms with van der Waals surface area (Å²) < 4.78 is 0. The Labute approximate surface area is 163 Å². The molecule has 136 valence electrons. The van der Waals surface area contributed by atoms with Gasteiger partial charge in [0.25, 0.3) is 5.91 Å². The lowest BCUT2D eigenvalue weighted by atomic mass is 10.00. The lowest BCUT2D eigenvalue weighted by Gasteiger charge is -2.29. The van der Waals surface area contributed by atoms with Gasteiger partial charge in [-0.2, -0.15) is 0 Å². The Morgan fingerprint density at radius 1 is 1.15 bits per heavy atom. The van der Waals surface area contributed by atoms with Gasteiger partial charge in [-0.05, 0) is 54.8 Å². The van der Waals surface area contributed by atoms with Crippen molar-refractivity contribution in [1.82, 2.24) is 0 Å². The van der Waals surface area contributed by atoms with E-state index < -0.39 is 0 Å². The molecule has 6 heteroatoms. The summed E-state index contributed by atoms with van der Waals surface area (Å²) in [6.45, 7) is 2.84. The normalized spacial score (nSPS) is 13.5. The molecular weight excluding hydrogens is 371 g/mol. The van der Waals surface area contributed by atoms with E-state index in [1.807, 2.05) is 23.1 Å². The highest BCUT2D eigenvalue weighted by atomic mass is 35.5. The molecule has 0 atom stereocenters. The largest absolute Gasteiger partial charge is 0.322 e. The van der Waals surface area contributed by atoms with Crippen LogP contribution in [0.2, 0.25) is 10.0 Å². The number of rotatable bonds is 5. The van der Waals surface area contributed by atoms with Crippen molar-refractivity contribution >= 4 is 46.4 Å². The highest BCUT2D eigenvalue weighted by molar-refractivity contribution is 6.37. The van der Waals surface area contributed by atoms with E-state index >= 15 is 0 Å². The Morgan fingerprint density at radius 3 is 2.69 bits per heavy atom. The van der Waals surface area contributed by atoms with Gasteiger partial charge in [0.2, 0.25) is 5.91 Å². The van der Waals surface area contributed by atoms with E-state index in [-0.39, 0.29) is 11.8 Å². The second kappa shape index (κ2) is 8.11. The first-order valence-corrected chi connectivity index (χ1v) is 9.45. The van der Waals surface area contributed by atoms with E-state index in [2.05, 4.69) is 12.2 Å². The zero-order valence-electron chi connectivity index (χ0n) is 14.5. The van der Waals surface area contributed by atoms with Gasteiger partial charge < -0.3 is 10.2 Å². The molecule has 0 unspecified atom stereocenters. The van der Waals surface area contributed by atoms with Crippen LogP contribution in [0.4, 0.5) is 11.4 Å². The predicted octanol–water partition coefficient (Wildman–Crippen LogP) is 5.33. The van der Waals surface area contributed by atoms with Gasteiger partial charge in [0, 0.05) is 29.4 Å². The molecule has 4 nitrogen and oxygen atoms in total. The quantitative estimate of drug-likeness (QED) is 0.750. The zero-order chi connectivity index (χ0) is 18.7. The maximum absolute atomic E-state index is 12.5. The van der Waals surface area contributed by atoms with Gasteiger partial charge in [0.05, 0.1) is 10.6 Å². The zero-order valence-corrected chi connectivity index (χ0v) is 16.0. The summed E-state index contributed by atoms with van der Waals surface area (Å²) in [5, 5.41) is 3.66. The lowest BCUT2D eigenvalue weighted by molar-refractivity contribution is -0.118. The molecule has 1 aliphatic heterocycles. The predicted molar refractivity (Wildman–Crippen MR) is 106 cm³/mol. The molecule has 3 rings (SSSR count). The molecule has 1 heterocycles. The fraction of sp³-hybridized carbons (Fsp3) is 0.300. The number of hydrogen-bond acceptors (Lipinski definition) is 2. The fourth-order valence-electron chi connectivity index (χ4n) is 3.07. The number of aryl methyl sites for hydroxylation is 1. The molecule has 0 saturated carbocycles. The van der Waals surface area contributed by atoms with Gasteiger partial charge in [0.1, 0.15) is 0 Å². The van der Waals surface area contributed by atoms with Crippen LogP contribution in [0.15, 0.2) is 36.4 Å². The molecular formula is C20H20Cl2N2O2. The maximum atomic E-state index is 12.5. The Balaban J connectivity index is 1.80. The molecule has 1 aliphatic rings. The minimum atomic E-state index is -0.290. The van der Waals surface area contributed by atoms with Crippen molar-refractivity contribution in [2.75, 3.05) is 16.8 Å². The van der Waals surface area contributed by atoms with Crippen molar-refractivity contribution in [1.29, 1.82) is 0 Å². The second-order valence-corrected chi connectivity index (χ2v) is 7.16. The van der Waals surface area contributed by atoms with Gasteiger partial charge in [0.15, 0.2) is 0 Å². The van der Waals surface area contributed by atoms with Gasteiger partial charge in [-0.1, -0.05) is 36.5 Å². The van der Waals surface area contributed by atoms with Crippen LogP contribution in [0.5, 0.6) is 0 Å². The van der Waals surface area contributed by atoms with Crippen molar-refractivity contribution in [2.24, 2.45) is 0 Å². The molecule has 0 radical (unpaired) electrons. The van der Waals surface area contributed by atoms with Crippen LogP contribution in [0, 0.1) is 0 Å². The number of anilines is 2. The van der Waals surface area contributed by atoms with Crippen LogP contribution in [0.1, 0.15) is 42.1 Å². The standard InChI is InChI=1S/C20H20Cl2N2O2/c1-2-3-10-24-18-8-6-15(11-13(18)4-9-19(24)25)23-20(26)16-7-5-14(21)12-17(16)22/h5-8,11-12H,2-4,9-10H2,1H3,(H,23,26). The average Bonchev–Trinajstić information content (AvgIpc) is 2.61. The number of carbonyl (C=O) groups excluding carboxylic acids is 2. The van der Waals surface area contributed by atoms with E-state index in [9.17, 15) is 9.59 Å². The first-order chi connectivity index (χ1) is 12.5. The summed E-state index contributed by atoms with van der Waals surface area (Å²) in [5.74, 6) is -0.128. The topological polar surface area (TPSA) is 49.4 Å². The van der Waals surface area contributed by atoms with Crippen LogP contribution in [0.3, 0.4) is 0 Å². The molecule has 0 aliphatic carbocycles. The third kappa shape index (κ3) is 4.02. The van der Waals surface area contributed by atoms with Crippen LogP contribution in [-0.4, -0.2) is 18.4 Å². The van der Waals surface area contributed by atoms with Gasteiger partial charge >= 0.3 is 0 Å². The molecule has 1 N–H and O–H groups in total. The summed E-state index contributed by atoms with van der Waals surface area (Å²) in [6, 6.07) is 10.4. The van der Waals surface area contributed by atoms with Gasteiger partial charge in [-0.25, -0.2) is 0 Å². The van der Waals surface area contributed by atoms with Gasteiger partial charge in [-0.3, -0.25) is 9.59 Å². The first-order valence-electron chi connectivity index (χ1n) is 8.69. The number of nitrogens with one attached hydrogen (secondary N) is 1. The monoisotopic (exact) mass is 390 g/mol. The minimum absolute atomic E-state index is 0.163. The number of carbonyl (C=O) groups is 2. The third-order valence-electron chi connectivity index (χ3n) is 4.45. The average molecular weight is 391 g/mol. The summed E-state index contributed by atoms with van der Waals surface area (Å²) in [4.78, 5) is 26.5. The summed E-state index contributed by atoms with van der Waals surface area (Å²) in [5.41, 5.74) is 3.07. The maximum Gasteiger partial charge on any atom is 0.257 e. The van der Waals surface area contributed by atoms with Crippen LogP contribution >= 0.6 is 23.2 Å². The van der Waals surface area contributed by atoms with Crippen molar-refractivity contribution in [3.05, 3.63) is 57.6 Å². The smallest absolute Gasteiger partial charge is 0.257 e.